The molecule has 118 valence electrons. The lowest BCUT2D eigenvalue weighted by atomic mass is 10.1. The molecule has 0 unspecified atom stereocenters. The molecule has 0 aromatic carbocycles. The van der Waals surface area contributed by atoms with E-state index in [1.807, 2.05) is 4.90 Å². The summed E-state index contributed by atoms with van der Waals surface area (Å²) in [7, 11) is 0. The number of hydrogen-bond donors (Lipinski definition) is 0. The highest BCUT2D eigenvalue weighted by Gasteiger charge is 2.32. The molecule has 8 heteroatoms. The van der Waals surface area contributed by atoms with Crippen molar-refractivity contribution in [1.29, 1.82) is 0 Å². The Balaban J connectivity index is 2.00. The summed E-state index contributed by atoms with van der Waals surface area (Å²) >= 11 is 11.5. The van der Waals surface area contributed by atoms with Crippen LogP contribution in [0.3, 0.4) is 0 Å². The van der Waals surface area contributed by atoms with E-state index in [0.717, 1.165) is 25.1 Å². The molecule has 1 aliphatic heterocycles. The molecule has 1 aromatic heterocycles. The summed E-state index contributed by atoms with van der Waals surface area (Å²) in [5.41, 5.74) is -0.836. The second kappa shape index (κ2) is 7.03. The largest absolute Gasteiger partial charge is 0.417 e. The van der Waals surface area contributed by atoms with Crippen molar-refractivity contribution < 1.29 is 17.9 Å². The standard InChI is InChI=1S/C13H15Cl2F3N2O/c14-3-6-21-10-1-4-20(5-2-10)12-11(15)7-9(8-19-12)13(16,17)18/h7-8,10H,1-6H2. The quantitative estimate of drug-likeness (QED) is 0.774. The van der Waals surface area contributed by atoms with Crippen molar-refractivity contribution in [2.24, 2.45) is 0 Å². The first-order chi connectivity index (χ1) is 9.91. The number of halogens is 5. The fourth-order valence-electron chi connectivity index (χ4n) is 2.26. The van der Waals surface area contributed by atoms with E-state index < -0.39 is 11.7 Å². The first kappa shape index (κ1) is 16.6. The molecule has 0 spiro atoms. The van der Waals surface area contributed by atoms with E-state index in [1.54, 1.807) is 0 Å². The average molecular weight is 343 g/mol. The molecule has 1 saturated heterocycles. The Morgan fingerprint density at radius 2 is 2.00 bits per heavy atom. The topological polar surface area (TPSA) is 25.4 Å². The van der Waals surface area contributed by atoms with Gasteiger partial charge in [-0.15, -0.1) is 11.6 Å². The summed E-state index contributed by atoms with van der Waals surface area (Å²) in [5, 5.41) is 0.0185. The lowest BCUT2D eigenvalue weighted by molar-refractivity contribution is -0.137. The average Bonchev–Trinajstić information content (AvgIpc) is 2.45. The molecule has 0 bridgehead atoms. The zero-order valence-corrected chi connectivity index (χ0v) is 12.7. The zero-order valence-electron chi connectivity index (χ0n) is 11.2. The molecule has 0 atom stereocenters. The highest BCUT2D eigenvalue weighted by Crippen LogP contribution is 2.34. The van der Waals surface area contributed by atoms with Gasteiger partial charge in [-0.05, 0) is 18.9 Å². The number of nitrogens with zero attached hydrogens (tertiary/aromatic N) is 2. The van der Waals surface area contributed by atoms with E-state index in [4.69, 9.17) is 27.9 Å². The highest BCUT2D eigenvalue weighted by molar-refractivity contribution is 6.33. The number of piperidine rings is 1. The number of pyridine rings is 1. The van der Waals surface area contributed by atoms with Crippen molar-refractivity contribution in [3.8, 4) is 0 Å². The summed E-state index contributed by atoms with van der Waals surface area (Å²) < 4.78 is 43.3. The lowest BCUT2D eigenvalue weighted by Gasteiger charge is -2.33. The van der Waals surface area contributed by atoms with Crippen molar-refractivity contribution in [1.82, 2.24) is 4.98 Å². The molecule has 2 rings (SSSR count). The third-order valence-electron chi connectivity index (χ3n) is 3.32. The van der Waals surface area contributed by atoms with Crippen LogP contribution >= 0.6 is 23.2 Å². The number of hydrogen-bond acceptors (Lipinski definition) is 3. The minimum Gasteiger partial charge on any atom is -0.377 e. The molecule has 0 amide bonds. The monoisotopic (exact) mass is 342 g/mol. The normalized spacial score (nSPS) is 17.3. The Kier molecular flexibility index (Phi) is 5.57. The van der Waals surface area contributed by atoms with Gasteiger partial charge in [-0.25, -0.2) is 4.98 Å². The van der Waals surface area contributed by atoms with Gasteiger partial charge in [-0.1, -0.05) is 11.6 Å². The molecular weight excluding hydrogens is 328 g/mol. The summed E-state index contributed by atoms with van der Waals surface area (Å²) in [6.45, 7) is 1.79. The zero-order chi connectivity index (χ0) is 15.5. The minimum absolute atomic E-state index is 0.0185. The fraction of sp³-hybridized carbons (Fsp3) is 0.615. The van der Waals surface area contributed by atoms with Crippen molar-refractivity contribution in [2.75, 3.05) is 30.5 Å². The number of anilines is 1. The number of aromatic nitrogens is 1. The van der Waals surface area contributed by atoms with Crippen LogP contribution in [0.15, 0.2) is 12.3 Å². The van der Waals surface area contributed by atoms with Gasteiger partial charge in [0.2, 0.25) is 0 Å². The molecule has 1 aromatic rings. The summed E-state index contributed by atoms with van der Waals surface area (Å²) in [6.07, 6.45) is -1.94. The highest BCUT2D eigenvalue weighted by atomic mass is 35.5. The SMILES string of the molecule is FC(F)(F)c1cnc(N2CCC(OCCCl)CC2)c(Cl)c1. The molecular formula is C13H15Cl2F3N2O. The number of rotatable bonds is 4. The van der Waals surface area contributed by atoms with E-state index in [0.29, 0.717) is 31.4 Å². The van der Waals surface area contributed by atoms with E-state index in [9.17, 15) is 13.2 Å². The molecule has 0 N–H and O–H groups in total. The maximum Gasteiger partial charge on any atom is 0.417 e. The summed E-state index contributed by atoms with van der Waals surface area (Å²) in [6, 6.07) is 0.917. The van der Waals surface area contributed by atoms with Crippen molar-refractivity contribution in [3.63, 3.8) is 0 Å². The van der Waals surface area contributed by atoms with Gasteiger partial charge in [-0.3, -0.25) is 0 Å². The van der Waals surface area contributed by atoms with Gasteiger partial charge in [0.15, 0.2) is 0 Å². The molecule has 1 fully saturated rings. The Morgan fingerprint density at radius 3 is 2.52 bits per heavy atom. The third kappa shape index (κ3) is 4.37. The Hall–Kier alpha value is -0.720. The molecule has 1 aliphatic rings. The van der Waals surface area contributed by atoms with Crippen molar-refractivity contribution in [2.45, 2.75) is 25.1 Å². The summed E-state index contributed by atoms with van der Waals surface area (Å²) in [5.74, 6) is 0.840. The number of ether oxygens (including phenoxy) is 1. The first-order valence-corrected chi connectivity index (χ1v) is 7.48. The van der Waals surface area contributed by atoms with E-state index >= 15 is 0 Å². The predicted octanol–water partition coefficient (Wildman–Crippen LogP) is 3.98. The molecule has 0 radical (unpaired) electrons. The van der Waals surface area contributed by atoms with Crippen LogP contribution < -0.4 is 4.90 Å². The Bertz CT molecular complexity index is 477. The molecule has 21 heavy (non-hydrogen) atoms. The van der Waals surface area contributed by atoms with Gasteiger partial charge in [0, 0.05) is 25.2 Å². The second-order valence-corrected chi connectivity index (χ2v) is 5.56. The van der Waals surface area contributed by atoms with Gasteiger partial charge in [0.05, 0.1) is 23.3 Å². The molecule has 2 heterocycles. The molecule has 3 nitrogen and oxygen atoms in total. The van der Waals surface area contributed by atoms with E-state index in [-0.39, 0.29) is 11.1 Å². The van der Waals surface area contributed by atoms with E-state index in [1.165, 1.54) is 0 Å². The van der Waals surface area contributed by atoms with Crippen LogP contribution in [0, 0.1) is 0 Å². The van der Waals surface area contributed by atoms with Crippen LogP contribution in [0.2, 0.25) is 5.02 Å². The maximum absolute atomic E-state index is 12.6. The van der Waals surface area contributed by atoms with Gasteiger partial charge in [0.1, 0.15) is 5.82 Å². The predicted molar refractivity (Wildman–Crippen MR) is 76.2 cm³/mol. The van der Waals surface area contributed by atoms with Gasteiger partial charge >= 0.3 is 6.18 Å². The van der Waals surface area contributed by atoms with Crippen molar-refractivity contribution in [3.05, 3.63) is 22.8 Å². The lowest BCUT2D eigenvalue weighted by Crippen LogP contribution is -2.38. The van der Waals surface area contributed by atoms with Crippen LogP contribution in [0.25, 0.3) is 0 Å². The van der Waals surface area contributed by atoms with Crippen LogP contribution in [-0.4, -0.2) is 36.7 Å². The maximum atomic E-state index is 12.6. The van der Waals surface area contributed by atoms with Crippen LogP contribution in [0.1, 0.15) is 18.4 Å². The Labute approximate surface area is 131 Å². The van der Waals surface area contributed by atoms with E-state index in [2.05, 4.69) is 4.98 Å². The second-order valence-electron chi connectivity index (χ2n) is 4.77. The minimum atomic E-state index is -4.43. The first-order valence-electron chi connectivity index (χ1n) is 6.57. The van der Waals surface area contributed by atoms with Gasteiger partial charge < -0.3 is 9.64 Å². The number of alkyl halides is 4. The van der Waals surface area contributed by atoms with Gasteiger partial charge in [0.25, 0.3) is 0 Å². The summed E-state index contributed by atoms with van der Waals surface area (Å²) in [4.78, 5) is 5.75. The van der Waals surface area contributed by atoms with Crippen molar-refractivity contribution >= 4 is 29.0 Å². The Morgan fingerprint density at radius 1 is 1.33 bits per heavy atom. The third-order valence-corrected chi connectivity index (χ3v) is 3.75. The molecule has 0 aliphatic carbocycles. The van der Waals surface area contributed by atoms with Crippen LogP contribution in [0.5, 0.6) is 0 Å². The van der Waals surface area contributed by atoms with Gasteiger partial charge in [-0.2, -0.15) is 13.2 Å². The smallest absolute Gasteiger partial charge is 0.377 e. The van der Waals surface area contributed by atoms with Crippen LogP contribution in [-0.2, 0) is 10.9 Å². The molecule has 0 saturated carbocycles. The fourth-order valence-corrected chi connectivity index (χ4v) is 2.64. The van der Waals surface area contributed by atoms with Crippen LogP contribution in [0.4, 0.5) is 19.0 Å².